The van der Waals surface area contributed by atoms with Gasteiger partial charge in [0.05, 0.1) is 6.61 Å². The maximum Gasteiger partial charge on any atom is 0.409 e. The summed E-state index contributed by atoms with van der Waals surface area (Å²) in [7, 11) is 0. The first kappa shape index (κ1) is 14.1. The van der Waals surface area contributed by atoms with Gasteiger partial charge >= 0.3 is 6.09 Å². The first-order valence-corrected chi connectivity index (χ1v) is 7.12. The molecule has 0 bridgehead atoms. The summed E-state index contributed by atoms with van der Waals surface area (Å²) in [6.45, 7) is 3.08. The van der Waals surface area contributed by atoms with Crippen LogP contribution in [-0.4, -0.2) is 35.2 Å². The summed E-state index contributed by atoms with van der Waals surface area (Å²) in [4.78, 5) is 17.7. The lowest BCUT2D eigenvalue weighted by Gasteiger charge is -2.23. The van der Waals surface area contributed by atoms with Gasteiger partial charge < -0.3 is 9.64 Å². The van der Waals surface area contributed by atoms with Crippen molar-refractivity contribution >= 4 is 17.7 Å². The van der Waals surface area contributed by atoms with E-state index in [1.165, 1.54) is 0 Å². The molecule has 1 atom stereocenters. The molecule has 2 rings (SSSR count). The molecule has 19 heavy (non-hydrogen) atoms. The van der Waals surface area contributed by atoms with E-state index in [1.54, 1.807) is 12.3 Å². The molecular formula is C14H19ClN2O2. The van der Waals surface area contributed by atoms with Gasteiger partial charge in [-0.1, -0.05) is 17.7 Å². The zero-order chi connectivity index (χ0) is 13.7. The summed E-state index contributed by atoms with van der Waals surface area (Å²) in [6, 6.07) is 4.07. The van der Waals surface area contributed by atoms with Gasteiger partial charge in [-0.15, -0.1) is 0 Å². The van der Waals surface area contributed by atoms with Crippen molar-refractivity contribution in [2.75, 3.05) is 13.2 Å². The fourth-order valence-corrected chi connectivity index (χ4v) is 2.58. The van der Waals surface area contributed by atoms with Gasteiger partial charge in [-0.05, 0) is 44.2 Å². The van der Waals surface area contributed by atoms with Crippen LogP contribution in [-0.2, 0) is 11.2 Å². The van der Waals surface area contributed by atoms with Crippen LogP contribution < -0.4 is 0 Å². The van der Waals surface area contributed by atoms with Gasteiger partial charge in [-0.25, -0.2) is 9.78 Å². The monoisotopic (exact) mass is 282 g/mol. The molecule has 1 aromatic rings. The zero-order valence-corrected chi connectivity index (χ0v) is 11.9. The van der Waals surface area contributed by atoms with E-state index in [0.717, 1.165) is 37.8 Å². The first-order chi connectivity index (χ1) is 9.20. The molecule has 0 radical (unpaired) electrons. The van der Waals surface area contributed by atoms with Gasteiger partial charge in [-0.2, -0.15) is 0 Å². The lowest BCUT2D eigenvalue weighted by molar-refractivity contribution is 0.101. The topological polar surface area (TPSA) is 42.4 Å². The number of carbonyl (C=O) groups is 1. The highest BCUT2D eigenvalue weighted by molar-refractivity contribution is 6.29. The molecule has 2 heterocycles. The van der Waals surface area contributed by atoms with Crippen molar-refractivity contribution in [1.29, 1.82) is 0 Å². The molecule has 0 aromatic carbocycles. The quantitative estimate of drug-likeness (QED) is 0.796. The predicted molar refractivity (Wildman–Crippen MR) is 74.3 cm³/mol. The van der Waals surface area contributed by atoms with E-state index in [1.807, 2.05) is 17.9 Å². The van der Waals surface area contributed by atoms with Gasteiger partial charge in [-0.3, -0.25) is 0 Å². The maximum absolute atomic E-state index is 11.8. The lowest BCUT2D eigenvalue weighted by Crippen LogP contribution is -2.36. The first-order valence-electron chi connectivity index (χ1n) is 6.74. The fraction of sp³-hybridized carbons (Fsp3) is 0.571. The van der Waals surface area contributed by atoms with Crippen LogP contribution in [0.5, 0.6) is 0 Å². The maximum atomic E-state index is 11.8. The number of amides is 1. The molecule has 5 heteroatoms. The average Bonchev–Trinajstić information content (AvgIpc) is 2.87. The molecule has 1 fully saturated rings. The Morgan fingerprint density at radius 1 is 1.58 bits per heavy atom. The molecule has 1 saturated heterocycles. The molecule has 0 N–H and O–H groups in total. The third-order valence-corrected chi connectivity index (χ3v) is 3.66. The molecule has 4 nitrogen and oxygen atoms in total. The summed E-state index contributed by atoms with van der Waals surface area (Å²) in [6.07, 6.45) is 5.58. The summed E-state index contributed by atoms with van der Waals surface area (Å²) in [5, 5.41) is 0.512. The molecule has 1 unspecified atom stereocenters. The standard InChI is InChI=1S/C14H19ClN2O2/c1-2-19-14(18)17-9-3-4-12(17)7-5-11-6-8-13(15)16-10-11/h6,8,10,12H,2-5,7,9H2,1H3. The number of rotatable bonds is 4. The third-order valence-electron chi connectivity index (χ3n) is 3.43. The van der Waals surface area contributed by atoms with Crippen LogP contribution in [0.2, 0.25) is 5.15 Å². The van der Waals surface area contributed by atoms with Gasteiger partial charge in [0, 0.05) is 18.8 Å². The summed E-state index contributed by atoms with van der Waals surface area (Å²) >= 11 is 5.76. The second-order valence-electron chi connectivity index (χ2n) is 4.72. The van der Waals surface area contributed by atoms with Crippen LogP contribution in [0, 0.1) is 0 Å². The Balaban J connectivity index is 1.87. The highest BCUT2D eigenvalue weighted by Gasteiger charge is 2.29. The van der Waals surface area contributed by atoms with Crippen LogP contribution in [0.3, 0.4) is 0 Å². The van der Waals surface area contributed by atoms with E-state index in [4.69, 9.17) is 16.3 Å². The highest BCUT2D eigenvalue weighted by atomic mass is 35.5. The SMILES string of the molecule is CCOC(=O)N1CCCC1CCc1ccc(Cl)nc1. The molecule has 1 aromatic heterocycles. The average molecular weight is 283 g/mol. The van der Waals surface area contributed by atoms with Gasteiger partial charge in [0.15, 0.2) is 0 Å². The number of halogens is 1. The van der Waals surface area contributed by atoms with E-state index < -0.39 is 0 Å². The minimum Gasteiger partial charge on any atom is -0.450 e. The zero-order valence-electron chi connectivity index (χ0n) is 11.1. The highest BCUT2D eigenvalue weighted by Crippen LogP contribution is 2.22. The van der Waals surface area contributed by atoms with Gasteiger partial charge in [0.25, 0.3) is 0 Å². The molecule has 0 spiro atoms. The molecular weight excluding hydrogens is 264 g/mol. The van der Waals surface area contributed by atoms with Crippen molar-refractivity contribution in [3.63, 3.8) is 0 Å². The number of pyridine rings is 1. The molecule has 0 aliphatic carbocycles. The van der Waals surface area contributed by atoms with Crippen molar-refractivity contribution in [2.45, 2.75) is 38.6 Å². The number of aromatic nitrogens is 1. The lowest BCUT2D eigenvalue weighted by atomic mass is 10.1. The Labute approximate surface area is 118 Å². The largest absolute Gasteiger partial charge is 0.450 e. The van der Waals surface area contributed by atoms with Crippen LogP contribution in [0.4, 0.5) is 4.79 Å². The van der Waals surface area contributed by atoms with Crippen LogP contribution in [0.25, 0.3) is 0 Å². The number of likely N-dealkylation sites (tertiary alicyclic amines) is 1. The second-order valence-corrected chi connectivity index (χ2v) is 5.10. The van der Waals surface area contributed by atoms with E-state index in [0.29, 0.717) is 11.8 Å². The Morgan fingerprint density at radius 3 is 3.11 bits per heavy atom. The number of hydrogen-bond donors (Lipinski definition) is 0. The molecule has 1 aliphatic rings. The van der Waals surface area contributed by atoms with Crippen molar-refractivity contribution in [3.05, 3.63) is 29.0 Å². The Bertz CT molecular complexity index is 422. The Kier molecular flexibility index (Phi) is 5.02. The molecule has 0 saturated carbocycles. The van der Waals surface area contributed by atoms with E-state index in [2.05, 4.69) is 4.98 Å². The summed E-state index contributed by atoms with van der Waals surface area (Å²) in [5.74, 6) is 0. The van der Waals surface area contributed by atoms with Gasteiger partial charge in [0.1, 0.15) is 5.15 Å². The van der Waals surface area contributed by atoms with Gasteiger partial charge in [0.2, 0.25) is 0 Å². The minimum absolute atomic E-state index is 0.181. The van der Waals surface area contributed by atoms with Crippen LogP contribution in [0.15, 0.2) is 18.3 Å². The number of aryl methyl sites for hydroxylation is 1. The van der Waals surface area contributed by atoms with E-state index >= 15 is 0 Å². The minimum atomic E-state index is -0.181. The Hall–Kier alpha value is -1.29. The second kappa shape index (κ2) is 6.75. The number of ether oxygens (including phenoxy) is 1. The number of hydrogen-bond acceptors (Lipinski definition) is 3. The molecule has 1 amide bonds. The molecule has 104 valence electrons. The number of nitrogens with zero attached hydrogens (tertiary/aromatic N) is 2. The predicted octanol–water partition coefficient (Wildman–Crippen LogP) is 3.29. The van der Waals surface area contributed by atoms with Crippen molar-refractivity contribution in [2.24, 2.45) is 0 Å². The fourth-order valence-electron chi connectivity index (χ4n) is 2.47. The number of carbonyl (C=O) groups excluding carboxylic acids is 1. The van der Waals surface area contributed by atoms with Crippen molar-refractivity contribution < 1.29 is 9.53 Å². The normalized spacial score (nSPS) is 18.6. The molecule has 1 aliphatic heterocycles. The van der Waals surface area contributed by atoms with Crippen LogP contribution in [0.1, 0.15) is 31.7 Å². The van der Waals surface area contributed by atoms with E-state index in [9.17, 15) is 4.79 Å². The van der Waals surface area contributed by atoms with E-state index in [-0.39, 0.29) is 12.1 Å². The Morgan fingerprint density at radius 2 is 2.42 bits per heavy atom. The van der Waals surface area contributed by atoms with Crippen LogP contribution >= 0.6 is 11.6 Å². The smallest absolute Gasteiger partial charge is 0.409 e. The summed E-state index contributed by atoms with van der Waals surface area (Å²) in [5.41, 5.74) is 1.15. The summed E-state index contributed by atoms with van der Waals surface area (Å²) < 4.78 is 5.08. The van der Waals surface area contributed by atoms with Crippen molar-refractivity contribution in [1.82, 2.24) is 9.88 Å². The third kappa shape index (κ3) is 3.83. The van der Waals surface area contributed by atoms with Crippen molar-refractivity contribution in [3.8, 4) is 0 Å².